The van der Waals surface area contributed by atoms with Crippen LogP contribution in [0.2, 0.25) is 0 Å². The zero-order valence-corrected chi connectivity index (χ0v) is 11.1. The molecule has 3 rings (SSSR count). The summed E-state index contributed by atoms with van der Waals surface area (Å²) >= 11 is 0. The lowest BCUT2D eigenvalue weighted by atomic mass is 9.80. The molecule has 1 aromatic rings. The van der Waals surface area contributed by atoms with E-state index in [-0.39, 0.29) is 11.2 Å². The number of piperidine rings is 1. The molecule has 0 bridgehead atoms. The van der Waals surface area contributed by atoms with E-state index in [1.54, 1.807) is 6.07 Å². The van der Waals surface area contributed by atoms with E-state index >= 15 is 0 Å². The number of nitrogens with zero attached hydrogens (tertiary/aromatic N) is 1. The summed E-state index contributed by atoms with van der Waals surface area (Å²) in [6.45, 7) is 6.70. The molecule has 1 N–H and O–H groups in total. The number of anilines is 1. The summed E-state index contributed by atoms with van der Waals surface area (Å²) in [5.41, 5.74) is 1.28. The summed E-state index contributed by atoms with van der Waals surface area (Å²) in [6.07, 6.45) is 2.42. The Morgan fingerprint density at radius 3 is 3.00 bits per heavy atom. The fraction of sp³-hybridized carbons (Fsp3) is 0.600. The Morgan fingerprint density at radius 2 is 2.22 bits per heavy atom. The lowest BCUT2D eigenvalue weighted by molar-refractivity contribution is 0.291. The minimum Gasteiger partial charge on any atom is -0.366 e. The van der Waals surface area contributed by atoms with Crippen LogP contribution >= 0.6 is 0 Å². The van der Waals surface area contributed by atoms with Crippen LogP contribution in [0, 0.1) is 11.2 Å². The number of benzene rings is 1. The zero-order chi connectivity index (χ0) is 12.8. The van der Waals surface area contributed by atoms with Gasteiger partial charge in [0.2, 0.25) is 0 Å². The van der Waals surface area contributed by atoms with Crippen LogP contribution < -0.4 is 10.2 Å². The molecule has 98 valence electrons. The van der Waals surface area contributed by atoms with Gasteiger partial charge in [0.1, 0.15) is 5.82 Å². The number of fused-ring (bicyclic) bond motifs is 1. The smallest absolute Gasteiger partial charge is 0.125 e. The van der Waals surface area contributed by atoms with Crippen molar-refractivity contribution in [1.29, 1.82) is 0 Å². The van der Waals surface area contributed by atoms with Gasteiger partial charge in [0.25, 0.3) is 0 Å². The summed E-state index contributed by atoms with van der Waals surface area (Å²) in [4.78, 5) is 2.40. The summed E-state index contributed by atoms with van der Waals surface area (Å²) in [6, 6.07) is 8.05. The van der Waals surface area contributed by atoms with Gasteiger partial charge in [0, 0.05) is 24.8 Å². The van der Waals surface area contributed by atoms with Crippen molar-refractivity contribution in [2.45, 2.75) is 38.8 Å². The molecule has 2 aliphatic heterocycles. The lowest BCUT2D eigenvalue weighted by Gasteiger charge is -2.44. The molecule has 2 saturated heterocycles. The minimum absolute atomic E-state index is 0.140. The Balaban J connectivity index is 1.95. The molecule has 3 heteroatoms. The second kappa shape index (κ2) is 4.23. The van der Waals surface area contributed by atoms with Crippen molar-refractivity contribution >= 4 is 5.69 Å². The quantitative estimate of drug-likeness (QED) is 0.822. The molecule has 18 heavy (non-hydrogen) atoms. The maximum absolute atomic E-state index is 13.4. The van der Waals surface area contributed by atoms with Crippen LogP contribution in [-0.4, -0.2) is 25.2 Å². The normalized spacial score (nSPS) is 30.3. The Bertz CT molecular complexity index is 444. The van der Waals surface area contributed by atoms with Gasteiger partial charge in [0.15, 0.2) is 0 Å². The first-order chi connectivity index (χ1) is 8.58. The van der Waals surface area contributed by atoms with Crippen LogP contribution in [0.5, 0.6) is 0 Å². The van der Waals surface area contributed by atoms with E-state index in [0.29, 0.717) is 12.1 Å². The number of halogens is 1. The van der Waals surface area contributed by atoms with Gasteiger partial charge in [-0.3, -0.25) is 0 Å². The second-order valence-corrected chi connectivity index (χ2v) is 6.24. The van der Waals surface area contributed by atoms with Crippen molar-refractivity contribution in [3.63, 3.8) is 0 Å². The van der Waals surface area contributed by atoms with Crippen LogP contribution in [0.3, 0.4) is 0 Å². The molecule has 0 spiro atoms. The van der Waals surface area contributed by atoms with Crippen molar-refractivity contribution < 1.29 is 4.39 Å². The van der Waals surface area contributed by atoms with E-state index in [0.717, 1.165) is 18.8 Å². The highest BCUT2D eigenvalue weighted by atomic mass is 19.1. The Kier molecular flexibility index (Phi) is 2.81. The summed E-state index contributed by atoms with van der Waals surface area (Å²) in [5, 5.41) is 3.63. The van der Waals surface area contributed by atoms with Crippen molar-refractivity contribution in [3.05, 3.63) is 30.1 Å². The molecule has 0 amide bonds. The first-order valence-corrected chi connectivity index (χ1v) is 6.83. The third-order valence-electron chi connectivity index (χ3n) is 4.39. The van der Waals surface area contributed by atoms with Gasteiger partial charge in [-0.15, -0.1) is 0 Å². The molecule has 2 aliphatic rings. The van der Waals surface area contributed by atoms with Crippen molar-refractivity contribution in [3.8, 4) is 0 Å². The first kappa shape index (κ1) is 12.0. The molecule has 0 aliphatic carbocycles. The highest BCUT2D eigenvalue weighted by Crippen LogP contribution is 2.39. The monoisotopic (exact) mass is 248 g/mol. The fourth-order valence-corrected chi connectivity index (χ4v) is 3.62. The Labute approximate surface area is 108 Å². The first-order valence-electron chi connectivity index (χ1n) is 6.83. The fourth-order valence-electron chi connectivity index (χ4n) is 3.62. The second-order valence-electron chi connectivity index (χ2n) is 6.24. The molecule has 0 radical (unpaired) electrons. The van der Waals surface area contributed by atoms with Crippen LogP contribution in [0.25, 0.3) is 0 Å². The molecular weight excluding hydrogens is 227 g/mol. The minimum atomic E-state index is -0.140. The standard InChI is InChI=1S/C15H21FN2/c1-15(2)10-17-13-7-4-8-18(14(13)15)12-6-3-5-11(16)9-12/h3,5-6,9,13-14,17H,4,7-8,10H2,1-2H3. The summed E-state index contributed by atoms with van der Waals surface area (Å²) < 4.78 is 13.4. The molecule has 0 saturated carbocycles. The molecule has 2 nitrogen and oxygen atoms in total. The number of hydrogen-bond donors (Lipinski definition) is 1. The maximum Gasteiger partial charge on any atom is 0.125 e. The molecule has 2 heterocycles. The summed E-state index contributed by atoms with van der Waals surface area (Å²) in [5.74, 6) is -0.140. The largest absolute Gasteiger partial charge is 0.366 e. The van der Waals surface area contributed by atoms with Gasteiger partial charge in [-0.25, -0.2) is 4.39 Å². The van der Waals surface area contributed by atoms with Gasteiger partial charge in [-0.2, -0.15) is 0 Å². The van der Waals surface area contributed by atoms with Crippen LogP contribution in [0.15, 0.2) is 24.3 Å². The summed E-state index contributed by atoms with van der Waals surface area (Å²) in [7, 11) is 0. The average Bonchev–Trinajstić information content (AvgIpc) is 2.66. The van der Waals surface area contributed by atoms with Gasteiger partial charge >= 0.3 is 0 Å². The predicted octanol–water partition coefficient (Wildman–Crippen LogP) is 2.79. The molecule has 1 aromatic carbocycles. The van der Waals surface area contributed by atoms with E-state index in [1.807, 2.05) is 12.1 Å². The number of nitrogens with one attached hydrogen (secondary N) is 1. The predicted molar refractivity (Wildman–Crippen MR) is 72.3 cm³/mol. The van der Waals surface area contributed by atoms with Gasteiger partial charge in [-0.1, -0.05) is 19.9 Å². The molecule has 2 fully saturated rings. The van der Waals surface area contributed by atoms with E-state index < -0.39 is 0 Å². The van der Waals surface area contributed by atoms with Gasteiger partial charge in [0.05, 0.1) is 6.04 Å². The van der Waals surface area contributed by atoms with Crippen molar-refractivity contribution in [2.75, 3.05) is 18.0 Å². The zero-order valence-electron chi connectivity index (χ0n) is 11.1. The lowest BCUT2D eigenvalue weighted by Crippen LogP contribution is -2.53. The van der Waals surface area contributed by atoms with E-state index in [4.69, 9.17) is 0 Å². The van der Waals surface area contributed by atoms with Crippen molar-refractivity contribution in [2.24, 2.45) is 5.41 Å². The van der Waals surface area contributed by atoms with Gasteiger partial charge < -0.3 is 10.2 Å². The average molecular weight is 248 g/mol. The van der Waals surface area contributed by atoms with Crippen LogP contribution in [0.1, 0.15) is 26.7 Å². The third kappa shape index (κ3) is 1.91. The Morgan fingerprint density at radius 1 is 1.39 bits per heavy atom. The molecule has 0 aromatic heterocycles. The SMILES string of the molecule is CC1(C)CNC2CCCN(c3cccc(F)c3)C21. The molecule has 2 atom stereocenters. The van der Waals surface area contributed by atoms with Crippen LogP contribution in [0.4, 0.5) is 10.1 Å². The van der Waals surface area contributed by atoms with Crippen molar-refractivity contribution in [1.82, 2.24) is 5.32 Å². The molecule has 2 unspecified atom stereocenters. The highest BCUT2D eigenvalue weighted by molar-refractivity contribution is 5.49. The van der Waals surface area contributed by atoms with Gasteiger partial charge in [-0.05, 0) is 36.5 Å². The van der Waals surface area contributed by atoms with E-state index in [9.17, 15) is 4.39 Å². The number of hydrogen-bond acceptors (Lipinski definition) is 2. The molecular formula is C15H21FN2. The maximum atomic E-state index is 13.4. The topological polar surface area (TPSA) is 15.3 Å². The third-order valence-corrected chi connectivity index (χ3v) is 4.39. The highest BCUT2D eigenvalue weighted by Gasteiger charge is 2.46. The Hall–Kier alpha value is -1.09. The van der Waals surface area contributed by atoms with Crippen LogP contribution in [-0.2, 0) is 0 Å². The number of rotatable bonds is 1. The van der Waals surface area contributed by atoms with E-state index in [1.165, 1.54) is 18.9 Å². The van der Waals surface area contributed by atoms with E-state index in [2.05, 4.69) is 24.1 Å².